The van der Waals surface area contributed by atoms with Crippen LogP contribution >= 0.6 is 0 Å². The van der Waals surface area contributed by atoms with Gasteiger partial charge in [0.25, 0.3) is 0 Å². The summed E-state index contributed by atoms with van der Waals surface area (Å²) in [4.78, 5) is 11.7. The highest BCUT2D eigenvalue weighted by Crippen LogP contribution is 2.30. The van der Waals surface area contributed by atoms with E-state index >= 15 is 0 Å². The first-order valence-electron chi connectivity index (χ1n) is 16.5. The van der Waals surface area contributed by atoms with E-state index in [1.54, 1.807) is 6.08 Å². The fraction of sp³-hybridized carbons (Fsp3) is 0.743. The number of rotatable bonds is 27. The molecule has 0 aliphatic rings. The second kappa shape index (κ2) is 26.3. The quantitative estimate of drug-likeness (QED) is 0.0627. The highest BCUT2D eigenvalue weighted by atomic mass is 16.5. The molecular formula is C35H60O4. The van der Waals surface area contributed by atoms with Gasteiger partial charge in [0, 0.05) is 6.08 Å². The number of hydrogen-bond acceptors (Lipinski definition) is 4. The summed E-state index contributed by atoms with van der Waals surface area (Å²) in [5.41, 5.74) is 0.910. The van der Waals surface area contributed by atoms with Gasteiger partial charge in [0.2, 0.25) is 0 Å². The molecule has 0 N–H and O–H groups in total. The van der Waals surface area contributed by atoms with Crippen LogP contribution in [0.2, 0.25) is 0 Å². The summed E-state index contributed by atoms with van der Waals surface area (Å²) in [6.45, 7) is 8.13. The predicted octanol–water partition coefficient (Wildman–Crippen LogP) is 10.9. The summed E-state index contributed by atoms with van der Waals surface area (Å²) < 4.78 is 17.3. The number of hydrogen-bond donors (Lipinski definition) is 0. The first kappa shape index (κ1) is 35.1. The lowest BCUT2D eigenvalue weighted by atomic mass is 10.1. The van der Waals surface area contributed by atoms with Gasteiger partial charge in [-0.05, 0) is 43.5 Å². The molecule has 1 aromatic rings. The van der Waals surface area contributed by atoms with E-state index in [1.165, 1.54) is 122 Å². The van der Waals surface area contributed by atoms with Crippen LogP contribution in [0.3, 0.4) is 0 Å². The zero-order valence-corrected chi connectivity index (χ0v) is 25.8. The van der Waals surface area contributed by atoms with E-state index in [1.807, 2.05) is 25.1 Å². The zero-order valence-electron chi connectivity index (χ0n) is 25.8. The maximum Gasteiger partial charge on any atom is 0.330 e. The van der Waals surface area contributed by atoms with E-state index in [9.17, 15) is 4.79 Å². The van der Waals surface area contributed by atoms with E-state index in [2.05, 4.69) is 13.8 Å². The smallest absolute Gasteiger partial charge is 0.330 e. The minimum absolute atomic E-state index is 0.327. The van der Waals surface area contributed by atoms with E-state index in [0.717, 1.165) is 29.9 Å². The van der Waals surface area contributed by atoms with Crippen molar-refractivity contribution >= 4 is 12.0 Å². The summed E-state index contributed by atoms with van der Waals surface area (Å²) in [6.07, 6.45) is 29.4. The molecule has 0 bridgehead atoms. The van der Waals surface area contributed by atoms with Crippen molar-refractivity contribution in [1.29, 1.82) is 0 Å². The average Bonchev–Trinajstić information content (AvgIpc) is 2.94. The number of carbonyl (C=O) groups excluding carboxylic acids is 1. The third-order valence-corrected chi connectivity index (χ3v) is 7.18. The zero-order chi connectivity index (χ0) is 28.2. The van der Waals surface area contributed by atoms with Crippen LogP contribution < -0.4 is 9.47 Å². The van der Waals surface area contributed by atoms with Crippen LogP contribution in [0.25, 0.3) is 6.08 Å². The number of carbonyl (C=O) groups is 1. The van der Waals surface area contributed by atoms with Gasteiger partial charge in [-0.2, -0.15) is 0 Å². The maximum atomic E-state index is 11.7. The summed E-state index contributed by atoms with van der Waals surface area (Å²) in [5, 5.41) is 0. The molecular weight excluding hydrogens is 484 g/mol. The Morgan fingerprint density at radius 1 is 0.590 bits per heavy atom. The molecule has 0 heterocycles. The van der Waals surface area contributed by atoms with E-state index < -0.39 is 0 Å². The van der Waals surface area contributed by atoms with Gasteiger partial charge in [0.05, 0.1) is 19.8 Å². The Hall–Kier alpha value is -1.97. The molecule has 0 atom stereocenters. The van der Waals surface area contributed by atoms with Crippen LogP contribution in [0.4, 0.5) is 0 Å². The van der Waals surface area contributed by atoms with Crippen LogP contribution in [-0.2, 0) is 9.53 Å². The number of esters is 1. The molecule has 0 unspecified atom stereocenters. The lowest BCUT2D eigenvalue weighted by Crippen LogP contribution is -2.03. The molecule has 4 nitrogen and oxygen atoms in total. The molecule has 0 radical (unpaired) electrons. The number of unbranched alkanes of at least 4 members (excludes halogenated alkanes) is 18. The SMILES string of the molecule is CCCCCCCCCCCCOc1ccc(C=CC(=O)OCC)cc1OCCCCCCCCCCCC. The largest absolute Gasteiger partial charge is 0.490 e. The molecule has 224 valence electrons. The fourth-order valence-corrected chi connectivity index (χ4v) is 4.76. The Kier molecular flexibility index (Phi) is 23.6. The minimum Gasteiger partial charge on any atom is -0.490 e. The van der Waals surface area contributed by atoms with Crippen molar-refractivity contribution in [3.8, 4) is 11.5 Å². The molecule has 0 aliphatic heterocycles. The van der Waals surface area contributed by atoms with Crippen molar-refractivity contribution in [2.24, 2.45) is 0 Å². The Bertz CT molecular complexity index is 727. The van der Waals surface area contributed by atoms with Crippen molar-refractivity contribution < 1.29 is 19.0 Å². The third-order valence-electron chi connectivity index (χ3n) is 7.18. The van der Waals surface area contributed by atoms with Crippen LogP contribution in [-0.4, -0.2) is 25.8 Å². The molecule has 1 rings (SSSR count). The Balaban J connectivity index is 2.40. The lowest BCUT2D eigenvalue weighted by Gasteiger charge is -2.14. The van der Waals surface area contributed by atoms with E-state index in [4.69, 9.17) is 14.2 Å². The van der Waals surface area contributed by atoms with Gasteiger partial charge in [-0.25, -0.2) is 4.79 Å². The monoisotopic (exact) mass is 544 g/mol. The molecule has 0 fully saturated rings. The van der Waals surface area contributed by atoms with Gasteiger partial charge < -0.3 is 14.2 Å². The highest BCUT2D eigenvalue weighted by molar-refractivity contribution is 5.87. The van der Waals surface area contributed by atoms with Crippen molar-refractivity contribution in [2.75, 3.05) is 19.8 Å². The first-order chi connectivity index (χ1) is 19.2. The summed E-state index contributed by atoms with van der Waals surface area (Å²) in [5.74, 6) is 1.24. The Morgan fingerprint density at radius 3 is 1.49 bits per heavy atom. The van der Waals surface area contributed by atoms with Crippen molar-refractivity contribution in [1.82, 2.24) is 0 Å². The molecule has 0 aliphatic carbocycles. The average molecular weight is 545 g/mol. The molecule has 0 saturated carbocycles. The summed E-state index contributed by atoms with van der Waals surface area (Å²) >= 11 is 0. The van der Waals surface area contributed by atoms with Gasteiger partial charge in [0.1, 0.15) is 0 Å². The van der Waals surface area contributed by atoms with Crippen LogP contribution in [0, 0.1) is 0 Å². The summed E-state index contributed by atoms with van der Waals surface area (Å²) in [6, 6.07) is 5.91. The molecule has 0 amide bonds. The van der Waals surface area contributed by atoms with Crippen molar-refractivity contribution in [2.45, 2.75) is 149 Å². The van der Waals surface area contributed by atoms with Crippen LogP contribution in [0.15, 0.2) is 24.3 Å². The first-order valence-corrected chi connectivity index (χ1v) is 16.5. The lowest BCUT2D eigenvalue weighted by molar-refractivity contribution is -0.137. The molecule has 4 heteroatoms. The minimum atomic E-state index is -0.327. The standard InChI is InChI=1S/C35H60O4/c1-4-7-9-11-13-15-17-19-21-23-29-38-33-27-25-32(26-28-35(36)37-6-3)31-34(33)39-30-24-22-20-18-16-14-12-10-8-5-2/h25-28,31H,4-24,29-30H2,1-3H3. The van der Waals surface area contributed by atoms with Gasteiger partial charge in [-0.3, -0.25) is 0 Å². The van der Waals surface area contributed by atoms with Gasteiger partial charge in [-0.15, -0.1) is 0 Å². The van der Waals surface area contributed by atoms with Gasteiger partial charge in [0.15, 0.2) is 11.5 Å². The Labute approximate surface area is 241 Å². The molecule has 0 spiro atoms. The highest BCUT2D eigenvalue weighted by Gasteiger charge is 2.07. The van der Waals surface area contributed by atoms with E-state index in [-0.39, 0.29) is 5.97 Å². The predicted molar refractivity (Wildman–Crippen MR) is 167 cm³/mol. The van der Waals surface area contributed by atoms with Crippen molar-refractivity contribution in [3.05, 3.63) is 29.8 Å². The number of ether oxygens (including phenoxy) is 3. The second-order valence-electron chi connectivity index (χ2n) is 10.9. The van der Waals surface area contributed by atoms with Gasteiger partial charge in [-0.1, -0.05) is 135 Å². The molecule has 0 saturated heterocycles. The maximum absolute atomic E-state index is 11.7. The van der Waals surface area contributed by atoms with Crippen LogP contribution in [0.1, 0.15) is 155 Å². The topological polar surface area (TPSA) is 44.8 Å². The summed E-state index contributed by atoms with van der Waals surface area (Å²) in [7, 11) is 0. The molecule has 39 heavy (non-hydrogen) atoms. The Morgan fingerprint density at radius 2 is 1.03 bits per heavy atom. The molecule has 0 aromatic heterocycles. The van der Waals surface area contributed by atoms with Crippen LogP contribution in [0.5, 0.6) is 11.5 Å². The van der Waals surface area contributed by atoms with Crippen molar-refractivity contribution in [3.63, 3.8) is 0 Å². The van der Waals surface area contributed by atoms with E-state index in [0.29, 0.717) is 19.8 Å². The second-order valence-corrected chi connectivity index (χ2v) is 10.9. The van der Waals surface area contributed by atoms with Gasteiger partial charge >= 0.3 is 5.97 Å². The third kappa shape index (κ3) is 20.6. The normalized spacial score (nSPS) is 11.3. The number of benzene rings is 1. The molecule has 1 aromatic carbocycles. The fourth-order valence-electron chi connectivity index (χ4n) is 4.76.